The number of aryl methyl sites for hydroxylation is 2. The van der Waals surface area contributed by atoms with E-state index in [1.54, 1.807) is 12.1 Å². The van der Waals surface area contributed by atoms with Crippen LogP contribution in [-0.2, 0) is 12.8 Å². The van der Waals surface area contributed by atoms with E-state index in [4.69, 9.17) is 17.3 Å². The maximum atomic E-state index is 10.1. The van der Waals surface area contributed by atoms with Crippen LogP contribution < -0.4 is 11.1 Å². The first kappa shape index (κ1) is 21.2. The van der Waals surface area contributed by atoms with Crippen molar-refractivity contribution in [1.29, 1.82) is 0 Å². The van der Waals surface area contributed by atoms with E-state index in [1.807, 2.05) is 0 Å². The summed E-state index contributed by atoms with van der Waals surface area (Å²) >= 11 is 7.22. The number of anilines is 1. The van der Waals surface area contributed by atoms with E-state index in [1.165, 1.54) is 22.5 Å². The summed E-state index contributed by atoms with van der Waals surface area (Å²) in [5.41, 5.74) is 9.41. The van der Waals surface area contributed by atoms with E-state index in [2.05, 4.69) is 42.4 Å². The summed E-state index contributed by atoms with van der Waals surface area (Å²) in [5.74, 6) is 0.308. The molecule has 0 saturated heterocycles. The van der Waals surface area contributed by atoms with Crippen molar-refractivity contribution >= 4 is 58.6 Å². The van der Waals surface area contributed by atoms with E-state index in [0.29, 0.717) is 10.3 Å². The molecule has 7 heteroatoms. The van der Waals surface area contributed by atoms with Crippen LogP contribution in [0.15, 0.2) is 35.3 Å². The van der Waals surface area contributed by atoms with E-state index in [9.17, 15) is 5.11 Å². The summed E-state index contributed by atoms with van der Waals surface area (Å²) in [5, 5.41) is 13.3. The molecule has 0 amide bonds. The van der Waals surface area contributed by atoms with Gasteiger partial charge in [-0.1, -0.05) is 43.6 Å². The normalized spacial score (nSPS) is 12.6. The average Bonchev–Trinajstić information content (AvgIpc) is 2.99. The van der Waals surface area contributed by atoms with E-state index >= 15 is 0 Å². The number of rotatable bonds is 6. The van der Waals surface area contributed by atoms with Gasteiger partial charge in [0.2, 0.25) is 0 Å². The fraction of sp³-hybridized carbons (Fsp3) is 0.353. The predicted octanol–water partition coefficient (Wildman–Crippen LogP) is 4.60. The number of benzene rings is 1. The van der Waals surface area contributed by atoms with Crippen LogP contribution in [0.3, 0.4) is 0 Å². The standard InChI is InChI=1S/C17H22ClN3OS.HI/c1-3-11-6-5-7-12(4-2)16(11)21-17(19)20-10-13(22)14-8-9-15(18)23-14;/h5-9,13,22H,3-4,10H2,1-2H3,(H3,19,20,21);1H. The van der Waals surface area contributed by atoms with Crippen LogP contribution in [0.25, 0.3) is 0 Å². The van der Waals surface area contributed by atoms with Gasteiger partial charge in [-0.05, 0) is 36.1 Å². The van der Waals surface area contributed by atoms with Gasteiger partial charge >= 0.3 is 0 Å². The highest BCUT2D eigenvalue weighted by Gasteiger charge is 2.11. The molecule has 4 nitrogen and oxygen atoms in total. The lowest BCUT2D eigenvalue weighted by Crippen LogP contribution is -2.25. The Bertz CT molecular complexity index is 668. The topological polar surface area (TPSA) is 70.6 Å². The lowest BCUT2D eigenvalue weighted by Gasteiger charge is -2.15. The third kappa shape index (κ3) is 5.61. The number of nitrogens with zero attached hydrogens (tertiary/aromatic N) is 1. The number of aliphatic hydroxyl groups excluding tert-OH is 1. The Hall–Kier alpha value is -0.830. The third-order valence-corrected chi connectivity index (χ3v) is 4.94. The molecule has 4 N–H and O–H groups in total. The van der Waals surface area contributed by atoms with Gasteiger partial charge in [0, 0.05) is 10.6 Å². The van der Waals surface area contributed by atoms with Gasteiger partial charge in [-0.2, -0.15) is 0 Å². The second kappa shape index (κ2) is 10.2. The summed E-state index contributed by atoms with van der Waals surface area (Å²) in [6.07, 6.45) is 1.14. The molecule has 0 aliphatic carbocycles. The first-order valence-electron chi connectivity index (χ1n) is 7.66. The van der Waals surface area contributed by atoms with Gasteiger partial charge in [0.05, 0.1) is 10.9 Å². The number of nitrogens with two attached hydrogens (primary N) is 1. The van der Waals surface area contributed by atoms with Crippen LogP contribution in [0.1, 0.15) is 36.0 Å². The van der Waals surface area contributed by atoms with Crippen molar-refractivity contribution in [1.82, 2.24) is 0 Å². The Kier molecular flexibility index (Phi) is 9.04. The maximum Gasteiger partial charge on any atom is 0.193 e. The van der Waals surface area contributed by atoms with Gasteiger partial charge in [0.25, 0.3) is 0 Å². The summed E-state index contributed by atoms with van der Waals surface area (Å²) in [6, 6.07) is 9.79. The fourth-order valence-corrected chi connectivity index (χ4v) is 3.39. The van der Waals surface area contributed by atoms with E-state index in [0.717, 1.165) is 23.4 Å². The molecule has 1 heterocycles. The zero-order valence-corrected chi connectivity index (χ0v) is 17.7. The first-order chi connectivity index (χ1) is 11.0. The summed E-state index contributed by atoms with van der Waals surface area (Å²) in [4.78, 5) is 5.04. The highest BCUT2D eigenvalue weighted by atomic mass is 127. The van der Waals surface area contributed by atoms with Gasteiger partial charge < -0.3 is 16.2 Å². The zero-order chi connectivity index (χ0) is 16.8. The van der Waals surface area contributed by atoms with Gasteiger partial charge in [-0.3, -0.25) is 4.99 Å². The fourth-order valence-electron chi connectivity index (χ4n) is 2.35. The van der Waals surface area contributed by atoms with Crippen molar-refractivity contribution < 1.29 is 5.11 Å². The van der Waals surface area contributed by atoms with Crippen molar-refractivity contribution in [3.63, 3.8) is 0 Å². The average molecular weight is 480 g/mol. The number of thiophene rings is 1. The third-order valence-electron chi connectivity index (χ3n) is 3.61. The number of nitrogens with one attached hydrogen (secondary N) is 1. The Morgan fingerprint density at radius 1 is 1.25 bits per heavy atom. The summed E-state index contributed by atoms with van der Waals surface area (Å²) in [6.45, 7) is 4.42. The monoisotopic (exact) mass is 479 g/mol. The number of halogens is 2. The molecular formula is C17H23ClIN3OS. The molecule has 1 atom stereocenters. The molecule has 2 aromatic rings. The molecular weight excluding hydrogens is 457 g/mol. The van der Waals surface area contributed by atoms with Crippen molar-refractivity contribution in [2.45, 2.75) is 32.8 Å². The van der Waals surface area contributed by atoms with Crippen LogP contribution in [0.4, 0.5) is 5.69 Å². The molecule has 0 saturated carbocycles. The van der Waals surface area contributed by atoms with E-state index < -0.39 is 6.10 Å². The van der Waals surface area contributed by atoms with Crippen molar-refractivity contribution in [2.75, 3.05) is 11.9 Å². The van der Waals surface area contributed by atoms with Gasteiger partial charge in [-0.25, -0.2) is 0 Å². The minimum absolute atomic E-state index is 0. The number of aliphatic hydroxyl groups is 1. The molecule has 1 unspecified atom stereocenters. The molecule has 0 fully saturated rings. The van der Waals surface area contributed by atoms with Crippen LogP contribution in [0.5, 0.6) is 0 Å². The Morgan fingerprint density at radius 3 is 2.38 bits per heavy atom. The molecule has 1 aromatic carbocycles. The van der Waals surface area contributed by atoms with Crippen LogP contribution in [0, 0.1) is 0 Å². The molecule has 2 rings (SSSR count). The van der Waals surface area contributed by atoms with Crippen LogP contribution in [-0.4, -0.2) is 17.6 Å². The minimum Gasteiger partial charge on any atom is -0.386 e. The van der Waals surface area contributed by atoms with Gasteiger partial charge in [-0.15, -0.1) is 35.3 Å². The van der Waals surface area contributed by atoms with Crippen molar-refractivity contribution in [3.05, 3.63) is 50.7 Å². The Balaban J connectivity index is 0.00000288. The number of para-hydroxylation sites is 1. The molecule has 132 valence electrons. The molecule has 0 aliphatic heterocycles. The van der Waals surface area contributed by atoms with Crippen LogP contribution >= 0.6 is 46.9 Å². The maximum absolute atomic E-state index is 10.1. The minimum atomic E-state index is -0.695. The summed E-state index contributed by atoms with van der Waals surface area (Å²) in [7, 11) is 0. The van der Waals surface area contributed by atoms with Crippen molar-refractivity contribution in [2.24, 2.45) is 10.7 Å². The first-order valence-corrected chi connectivity index (χ1v) is 8.85. The second-order valence-corrected chi connectivity index (χ2v) is 6.91. The smallest absolute Gasteiger partial charge is 0.193 e. The van der Waals surface area contributed by atoms with E-state index in [-0.39, 0.29) is 30.5 Å². The van der Waals surface area contributed by atoms with Gasteiger partial charge in [0.1, 0.15) is 6.10 Å². The Morgan fingerprint density at radius 2 is 1.88 bits per heavy atom. The number of aliphatic imine (C=N–C) groups is 1. The largest absolute Gasteiger partial charge is 0.386 e. The lowest BCUT2D eigenvalue weighted by atomic mass is 10.0. The van der Waals surface area contributed by atoms with Gasteiger partial charge in [0.15, 0.2) is 5.96 Å². The number of guanidine groups is 1. The van der Waals surface area contributed by atoms with Crippen molar-refractivity contribution in [3.8, 4) is 0 Å². The lowest BCUT2D eigenvalue weighted by molar-refractivity contribution is 0.191. The molecule has 0 spiro atoms. The molecule has 0 bridgehead atoms. The quantitative estimate of drug-likeness (QED) is 0.322. The second-order valence-electron chi connectivity index (χ2n) is 5.17. The Labute approximate surface area is 169 Å². The number of hydrogen-bond acceptors (Lipinski definition) is 3. The highest BCUT2D eigenvalue weighted by molar-refractivity contribution is 14.0. The molecule has 1 aromatic heterocycles. The predicted molar refractivity (Wildman–Crippen MR) is 115 cm³/mol. The number of hydrogen-bond donors (Lipinski definition) is 3. The zero-order valence-electron chi connectivity index (χ0n) is 13.8. The van der Waals surface area contributed by atoms with Crippen LogP contribution in [0.2, 0.25) is 4.34 Å². The summed E-state index contributed by atoms with van der Waals surface area (Å²) < 4.78 is 0.651. The molecule has 0 radical (unpaired) electrons. The highest BCUT2D eigenvalue weighted by Crippen LogP contribution is 2.27. The molecule has 24 heavy (non-hydrogen) atoms. The molecule has 0 aliphatic rings. The SMILES string of the molecule is CCc1cccc(CC)c1NC(N)=NCC(O)c1ccc(Cl)s1.I.